The lowest BCUT2D eigenvalue weighted by Gasteiger charge is -2.40. The first-order valence-electron chi connectivity index (χ1n) is 7.01. The number of hydrogen-bond acceptors (Lipinski definition) is 4. The fourth-order valence-electron chi connectivity index (χ4n) is 3.16. The summed E-state index contributed by atoms with van der Waals surface area (Å²) in [6.07, 6.45) is 2.80. The van der Waals surface area contributed by atoms with E-state index in [-0.39, 0.29) is 0 Å². The third-order valence-electron chi connectivity index (χ3n) is 4.09. The van der Waals surface area contributed by atoms with E-state index in [1.165, 1.54) is 37.4 Å². The standard InChI is InChI=1S/C14H22N2S2/c1-2-13(18-9-1)14(12-3-10-17-11-4-12)16-7-5-15-6-8-16/h1-2,9,12,14-15H,3-8,10-11H2. The average molecular weight is 282 g/mol. The fourth-order valence-corrected chi connectivity index (χ4v) is 5.26. The lowest BCUT2D eigenvalue weighted by Crippen LogP contribution is -2.47. The lowest BCUT2D eigenvalue weighted by molar-refractivity contribution is 0.121. The second kappa shape index (κ2) is 6.42. The van der Waals surface area contributed by atoms with Crippen molar-refractivity contribution in [2.75, 3.05) is 37.7 Å². The summed E-state index contributed by atoms with van der Waals surface area (Å²) >= 11 is 4.08. The van der Waals surface area contributed by atoms with E-state index in [4.69, 9.17) is 0 Å². The third-order valence-corrected chi connectivity index (χ3v) is 6.08. The van der Waals surface area contributed by atoms with Gasteiger partial charge in [0.25, 0.3) is 0 Å². The number of rotatable bonds is 3. The molecular formula is C14H22N2S2. The maximum atomic E-state index is 3.48. The quantitative estimate of drug-likeness (QED) is 0.918. The first kappa shape index (κ1) is 13.0. The van der Waals surface area contributed by atoms with Crippen molar-refractivity contribution in [2.24, 2.45) is 5.92 Å². The molecule has 0 aromatic carbocycles. The smallest absolute Gasteiger partial charge is 0.0471 e. The molecule has 1 N–H and O–H groups in total. The Morgan fingerprint density at radius 1 is 1.22 bits per heavy atom. The Balaban J connectivity index is 1.78. The van der Waals surface area contributed by atoms with Gasteiger partial charge in [0.05, 0.1) is 0 Å². The van der Waals surface area contributed by atoms with E-state index in [9.17, 15) is 0 Å². The molecule has 2 aliphatic rings. The van der Waals surface area contributed by atoms with Crippen molar-refractivity contribution in [2.45, 2.75) is 18.9 Å². The molecule has 2 saturated heterocycles. The maximum absolute atomic E-state index is 3.48. The number of hydrogen-bond donors (Lipinski definition) is 1. The third kappa shape index (κ3) is 2.93. The van der Waals surface area contributed by atoms with E-state index in [0.717, 1.165) is 19.0 Å². The molecule has 0 radical (unpaired) electrons. The van der Waals surface area contributed by atoms with Gasteiger partial charge in [-0.1, -0.05) is 6.07 Å². The van der Waals surface area contributed by atoms with Crippen LogP contribution in [0.1, 0.15) is 23.8 Å². The van der Waals surface area contributed by atoms with Crippen molar-refractivity contribution in [3.05, 3.63) is 22.4 Å². The van der Waals surface area contributed by atoms with Crippen LogP contribution in [-0.2, 0) is 0 Å². The Bertz CT molecular complexity index is 323. The summed E-state index contributed by atoms with van der Waals surface area (Å²) in [7, 11) is 0. The van der Waals surface area contributed by atoms with Gasteiger partial charge in [0.15, 0.2) is 0 Å². The monoisotopic (exact) mass is 282 g/mol. The zero-order chi connectivity index (χ0) is 12.2. The molecule has 2 fully saturated rings. The molecule has 0 amide bonds. The van der Waals surface area contributed by atoms with Gasteiger partial charge in [0, 0.05) is 37.1 Å². The summed E-state index contributed by atoms with van der Waals surface area (Å²) in [5.74, 6) is 3.60. The van der Waals surface area contributed by atoms with Crippen LogP contribution < -0.4 is 5.32 Å². The van der Waals surface area contributed by atoms with Gasteiger partial charge in [-0.3, -0.25) is 4.90 Å². The molecule has 0 bridgehead atoms. The molecule has 100 valence electrons. The van der Waals surface area contributed by atoms with Crippen molar-refractivity contribution in [1.82, 2.24) is 10.2 Å². The highest BCUT2D eigenvalue weighted by atomic mass is 32.2. The van der Waals surface area contributed by atoms with Crippen molar-refractivity contribution >= 4 is 23.1 Å². The normalized spacial score (nSPS) is 25.1. The van der Waals surface area contributed by atoms with Crippen LogP contribution in [0.15, 0.2) is 17.5 Å². The van der Waals surface area contributed by atoms with Crippen LogP contribution in [0, 0.1) is 5.92 Å². The minimum Gasteiger partial charge on any atom is -0.314 e. The van der Waals surface area contributed by atoms with E-state index < -0.39 is 0 Å². The second-order valence-electron chi connectivity index (χ2n) is 5.20. The van der Waals surface area contributed by atoms with E-state index in [1.54, 1.807) is 4.88 Å². The van der Waals surface area contributed by atoms with Crippen molar-refractivity contribution in [1.29, 1.82) is 0 Å². The summed E-state index contributed by atoms with van der Waals surface area (Å²) < 4.78 is 0. The fraction of sp³-hybridized carbons (Fsp3) is 0.714. The number of thiophene rings is 1. The predicted molar refractivity (Wildman–Crippen MR) is 81.6 cm³/mol. The zero-order valence-electron chi connectivity index (χ0n) is 10.8. The van der Waals surface area contributed by atoms with Gasteiger partial charge >= 0.3 is 0 Å². The molecule has 1 unspecified atom stereocenters. The van der Waals surface area contributed by atoms with Crippen LogP contribution >= 0.6 is 23.1 Å². The van der Waals surface area contributed by atoms with E-state index in [2.05, 4.69) is 39.5 Å². The molecule has 2 nitrogen and oxygen atoms in total. The Labute approximate surface area is 118 Å². The van der Waals surface area contributed by atoms with Gasteiger partial charge in [-0.2, -0.15) is 11.8 Å². The van der Waals surface area contributed by atoms with Gasteiger partial charge in [0.2, 0.25) is 0 Å². The van der Waals surface area contributed by atoms with Gasteiger partial charge < -0.3 is 5.32 Å². The second-order valence-corrected chi connectivity index (χ2v) is 7.40. The Morgan fingerprint density at radius 3 is 2.67 bits per heavy atom. The first-order chi connectivity index (χ1) is 8.95. The van der Waals surface area contributed by atoms with Crippen LogP contribution in [0.5, 0.6) is 0 Å². The predicted octanol–water partition coefficient (Wildman–Crippen LogP) is 2.84. The zero-order valence-corrected chi connectivity index (χ0v) is 12.4. The van der Waals surface area contributed by atoms with Crippen LogP contribution in [0.3, 0.4) is 0 Å². The molecule has 1 aromatic heterocycles. The molecule has 1 aromatic rings. The minimum absolute atomic E-state index is 0.688. The molecule has 1 atom stereocenters. The van der Waals surface area contributed by atoms with E-state index in [1.807, 2.05) is 11.3 Å². The molecule has 0 saturated carbocycles. The van der Waals surface area contributed by atoms with Crippen LogP contribution in [-0.4, -0.2) is 42.6 Å². The number of thioether (sulfide) groups is 1. The molecule has 3 rings (SSSR count). The van der Waals surface area contributed by atoms with Gasteiger partial charge in [-0.15, -0.1) is 11.3 Å². The molecule has 0 aliphatic carbocycles. The summed E-state index contributed by atoms with van der Waals surface area (Å²) in [6.45, 7) is 4.74. The van der Waals surface area contributed by atoms with Gasteiger partial charge in [-0.05, 0) is 41.7 Å². The van der Waals surface area contributed by atoms with Gasteiger partial charge in [0.1, 0.15) is 0 Å². The molecule has 4 heteroatoms. The summed E-state index contributed by atoms with van der Waals surface area (Å²) in [5.41, 5.74) is 0. The highest BCUT2D eigenvalue weighted by Gasteiger charge is 2.31. The van der Waals surface area contributed by atoms with Crippen molar-refractivity contribution in [3.8, 4) is 0 Å². The Morgan fingerprint density at radius 2 is 2.00 bits per heavy atom. The molecule has 2 aliphatic heterocycles. The highest BCUT2D eigenvalue weighted by Crippen LogP contribution is 2.39. The van der Waals surface area contributed by atoms with Gasteiger partial charge in [-0.25, -0.2) is 0 Å². The molecular weight excluding hydrogens is 260 g/mol. The molecule has 3 heterocycles. The number of nitrogens with one attached hydrogen (secondary N) is 1. The summed E-state index contributed by atoms with van der Waals surface area (Å²) in [5, 5.41) is 5.71. The topological polar surface area (TPSA) is 15.3 Å². The summed E-state index contributed by atoms with van der Waals surface area (Å²) in [6, 6.07) is 5.25. The van der Waals surface area contributed by atoms with E-state index >= 15 is 0 Å². The SMILES string of the molecule is c1csc(C(C2CCSCC2)N2CCNCC2)c1. The van der Waals surface area contributed by atoms with Crippen molar-refractivity contribution in [3.63, 3.8) is 0 Å². The summed E-state index contributed by atoms with van der Waals surface area (Å²) in [4.78, 5) is 4.32. The van der Waals surface area contributed by atoms with Crippen LogP contribution in [0.25, 0.3) is 0 Å². The number of nitrogens with zero attached hydrogens (tertiary/aromatic N) is 1. The van der Waals surface area contributed by atoms with Crippen LogP contribution in [0.4, 0.5) is 0 Å². The minimum atomic E-state index is 0.688. The van der Waals surface area contributed by atoms with Crippen LogP contribution in [0.2, 0.25) is 0 Å². The molecule has 18 heavy (non-hydrogen) atoms. The first-order valence-corrected chi connectivity index (χ1v) is 9.04. The average Bonchev–Trinajstić information content (AvgIpc) is 2.95. The molecule has 0 spiro atoms. The highest BCUT2D eigenvalue weighted by molar-refractivity contribution is 7.99. The maximum Gasteiger partial charge on any atom is 0.0471 e. The Hall–Kier alpha value is -0.0300. The Kier molecular flexibility index (Phi) is 4.63. The largest absolute Gasteiger partial charge is 0.314 e. The number of piperazine rings is 1. The van der Waals surface area contributed by atoms with E-state index in [0.29, 0.717) is 6.04 Å². The van der Waals surface area contributed by atoms with Crippen molar-refractivity contribution < 1.29 is 0 Å². The lowest BCUT2D eigenvalue weighted by atomic mass is 9.91.